The minimum atomic E-state index is 0.867. The Morgan fingerprint density at radius 2 is 1.18 bits per heavy atom. The highest BCUT2D eigenvalue weighted by Crippen LogP contribution is 2.32. The van der Waals surface area contributed by atoms with Gasteiger partial charge in [-0.05, 0) is 106 Å². The van der Waals surface area contributed by atoms with Crippen molar-refractivity contribution in [2.45, 2.75) is 48.5 Å². The molecule has 0 saturated heterocycles. The summed E-state index contributed by atoms with van der Waals surface area (Å²) in [5.41, 5.74) is 9.50. The summed E-state index contributed by atoms with van der Waals surface area (Å²) >= 11 is 0. The Balaban J connectivity index is 0.00000260. The molecule has 0 spiro atoms. The molecule has 0 atom stereocenters. The number of rotatable bonds is 10. The summed E-state index contributed by atoms with van der Waals surface area (Å²) in [7, 11) is 0. The van der Waals surface area contributed by atoms with Gasteiger partial charge in [-0.1, -0.05) is 87.7 Å². The summed E-state index contributed by atoms with van der Waals surface area (Å²) in [6.45, 7) is 23.2. The molecule has 0 fully saturated rings. The fourth-order valence-electron chi connectivity index (χ4n) is 4.32. The zero-order valence-electron chi connectivity index (χ0n) is 24.8. The molecule has 3 aromatic carbocycles. The second-order valence-electron chi connectivity index (χ2n) is 9.02. The molecule has 0 unspecified atom stereocenters. The van der Waals surface area contributed by atoms with Gasteiger partial charge in [0.05, 0.1) is 0 Å². The summed E-state index contributed by atoms with van der Waals surface area (Å²) in [4.78, 5) is 4.49. The average molecular weight is 517 g/mol. The standard InChI is InChI=1S/C35H38N2.C2H6/c1-8-17-32(9-2)36(33-19-12-10-13-20-33)30(6)25-28(4)29(5)26-31(7)37(34-21-14-11-15-22-34)35-23-16-18-27(3)24-35;1-2/h8-26H,4-5H2,1-3,6-7H3;1-2H3/b17-8-,30-25+,31-26+,32-9+;. The van der Waals surface area contributed by atoms with Gasteiger partial charge in [-0.25, -0.2) is 0 Å². The minimum Gasteiger partial charge on any atom is -0.315 e. The van der Waals surface area contributed by atoms with Crippen LogP contribution < -0.4 is 9.80 Å². The maximum Gasteiger partial charge on any atom is 0.0460 e. The van der Waals surface area contributed by atoms with Gasteiger partial charge >= 0.3 is 0 Å². The zero-order chi connectivity index (χ0) is 28.8. The zero-order valence-corrected chi connectivity index (χ0v) is 24.8. The van der Waals surface area contributed by atoms with Crippen molar-refractivity contribution in [1.82, 2.24) is 0 Å². The Labute approximate surface area is 237 Å². The van der Waals surface area contributed by atoms with Gasteiger partial charge in [0.1, 0.15) is 0 Å². The Kier molecular flexibility index (Phi) is 12.6. The van der Waals surface area contributed by atoms with Gasteiger partial charge in [0.2, 0.25) is 0 Å². The third-order valence-corrected chi connectivity index (χ3v) is 6.06. The van der Waals surface area contributed by atoms with Crippen LogP contribution in [0.3, 0.4) is 0 Å². The molecule has 202 valence electrons. The summed E-state index contributed by atoms with van der Waals surface area (Å²) in [5, 5.41) is 0. The van der Waals surface area contributed by atoms with E-state index >= 15 is 0 Å². The molecule has 0 saturated carbocycles. The molecule has 3 aromatic rings. The maximum atomic E-state index is 4.37. The van der Waals surface area contributed by atoms with Gasteiger partial charge in [0.15, 0.2) is 0 Å². The SMILES string of the molecule is C=C(/C=C(\C)N(C(/C=C\C)=C/C)c1ccccc1)C(=C)/C=C(\C)N(c1ccccc1)c1cccc(C)c1.CC. The summed E-state index contributed by atoms with van der Waals surface area (Å²) in [6, 6.07) is 29.3. The molecule has 39 heavy (non-hydrogen) atoms. The van der Waals surface area contributed by atoms with E-state index in [2.05, 4.69) is 154 Å². The van der Waals surface area contributed by atoms with Crippen molar-refractivity contribution < 1.29 is 0 Å². The Bertz CT molecular complexity index is 1340. The average Bonchev–Trinajstić information content (AvgIpc) is 2.95. The monoisotopic (exact) mass is 516 g/mol. The number of aryl methyl sites for hydroxylation is 1. The third-order valence-electron chi connectivity index (χ3n) is 6.06. The van der Waals surface area contributed by atoms with Crippen LogP contribution in [0.5, 0.6) is 0 Å². The predicted molar refractivity (Wildman–Crippen MR) is 174 cm³/mol. The molecule has 0 bridgehead atoms. The highest BCUT2D eigenvalue weighted by atomic mass is 15.2. The first kappa shape index (κ1) is 30.9. The number of hydrogen-bond acceptors (Lipinski definition) is 2. The van der Waals surface area contributed by atoms with Crippen LogP contribution in [0.1, 0.15) is 47.1 Å². The second-order valence-corrected chi connectivity index (χ2v) is 9.02. The number of benzene rings is 3. The molecular weight excluding hydrogens is 472 g/mol. The molecule has 0 heterocycles. The number of para-hydroxylation sites is 2. The van der Waals surface area contributed by atoms with E-state index < -0.39 is 0 Å². The molecule has 0 aliphatic heterocycles. The van der Waals surface area contributed by atoms with E-state index in [9.17, 15) is 0 Å². The van der Waals surface area contributed by atoms with Crippen molar-refractivity contribution in [1.29, 1.82) is 0 Å². The molecule has 0 amide bonds. The fraction of sp³-hybridized carbons (Fsp3) is 0.189. The van der Waals surface area contributed by atoms with Gasteiger partial charge in [0, 0.05) is 34.2 Å². The van der Waals surface area contributed by atoms with Crippen LogP contribution in [-0.2, 0) is 0 Å². The van der Waals surface area contributed by atoms with Crippen molar-refractivity contribution in [3.8, 4) is 0 Å². The van der Waals surface area contributed by atoms with E-state index in [1.54, 1.807) is 0 Å². The van der Waals surface area contributed by atoms with E-state index in [-0.39, 0.29) is 0 Å². The van der Waals surface area contributed by atoms with Gasteiger partial charge < -0.3 is 9.80 Å². The van der Waals surface area contributed by atoms with Crippen molar-refractivity contribution in [2.75, 3.05) is 9.80 Å². The Morgan fingerprint density at radius 3 is 1.69 bits per heavy atom. The van der Waals surface area contributed by atoms with Gasteiger partial charge in [0.25, 0.3) is 0 Å². The van der Waals surface area contributed by atoms with Crippen LogP contribution in [0.2, 0.25) is 0 Å². The molecule has 2 nitrogen and oxygen atoms in total. The third kappa shape index (κ3) is 8.61. The lowest BCUT2D eigenvalue weighted by atomic mass is 10.1. The fourth-order valence-corrected chi connectivity index (χ4v) is 4.32. The van der Waals surface area contributed by atoms with E-state index in [1.165, 1.54) is 5.56 Å². The minimum absolute atomic E-state index is 0.867. The lowest BCUT2D eigenvalue weighted by Crippen LogP contribution is -2.19. The van der Waals surface area contributed by atoms with Gasteiger partial charge in [-0.15, -0.1) is 0 Å². The van der Waals surface area contributed by atoms with Crippen LogP contribution in [-0.4, -0.2) is 0 Å². The molecule has 0 aliphatic carbocycles. The normalized spacial score (nSPS) is 12.0. The molecule has 0 radical (unpaired) electrons. The number of nitrogens with zero attached hydrogens (tertiary/aromatic N) is 2. The van der Waals surface area contributed by atoms with E-state index in [0.717, 1.165) is 45.3 Å². The van der Waals surface area contributed by atoms with Crippen molar-refractivity contribution in [3.05, 3.63) is 162 Å². The summed E-state index contributed by atoms with van der Waals surface area (Å²) in [5.74, 6) is 0. The van der Waals surface area contributed by atoms with Gasteiger partial charge in [-0.3, -0.25) is 0 Å². The molecular formula is C37H44N2. The van der Waals surface area contributed by atoms with Crippen LogP contribution >= 0.6 is 0 Å². The first-order chi connectivity index (χ1) is 18.8. The predicted octanol–water partition coefficient (Wildman–Crippen LogP) is 11.1. The second kappa shape index (κ2) is 15.8. The molecule has 3 rings (SSSR count). The highest BCUT2D eigenvalue weighted by molar-refractivity contribution is 5.69. The highest BCUT2D eigenvalue weighted by Gasteiger charge is 2.14. The van der Waals surface area contributed by atoms with E-state index in [1.807, 2.05) is 32.9 Å². The van der Waals surface area contributed by atoms with Crippen molar-refractivity contribution in [2.24, 2.45) is 0 Å². The lowest BCUT2D eigenvalue weighted by molar-refractivity contribution is 1.09. The lowest BCUT2D eigenvalue weighted by Gasteiger charge is -2.28. The number of allylic oxidation sites excluding steroid dienone is 9. The van der Waals surface area contributed by atoms with Crippen LogP contribution in [0.15, 0.2) is 157 Å². The summed E-state index contributed by atoms with van der Waals surface area (Å²) in [6.07, 6.45) is 10.5. The molecule has 2 heteroatoms. The number of anilines is 3. The topological polar surface area (TPSA) is 6.48 Å². The number of hydrogen-bond donors (Lipinski definition) is 0. The molecule has 0 aliphatic rings. The smallest absolute Gasteiger partial charge is 0.0460 e. The van der Waals surface area contributed by atoms with Crippen LogP contribution in [0.4, 0.5) is 17.1 Å². The van der Waals surface area contributed by atoms with Crippen molar-refractivity contribution >= 4 is 17.1 Å². The Hall–Kier alpha value is -4.30. The van der Waals surface area contributed by atoms with Crippen LogP contribution in [0, 0.1) is 6.92 Å². The van der Waals surface area contributed by atoms with Crippen LogP contribution in [0.25, 0.3) is 0 Å². The summed E-state index contributed by atoms with van der Waals surface area (Å²) < 4.78 is 0. The van der Waals surface area contributed by atoms with Gasteiger partial charge in [-0.2, -0.15) is 0 Å². The Morgan fingerprint density at radius 1 is 0.667 bits per heavy atom. The van der Waals surface area contributed by atoms with Crippen molar-refractivity contribution in [3.63, 3.8) is 0 Å². The maximum absolute atomic E-state index is 4.37. The molecule has 0 aromatic heterocycles. The quantitative estimate of drug-likeness (QED) is 0.247. The van der Waals surface area contributed by atoms with E-state index in [0.29, 0.717) is 0 Å². The first-order valence-corrected chi connectivity index (χ1v) is 13.7. The first-order valence-electron chi connectivity index (χ1n) is 13.7. The van der Waals surface area contributed by atoms with E-state index in [4.69, 9.17) is 0 Å². The largest absolute Gasteiger partial charge is 0.315 e. The molecule has 0 N–H and O–H groups in total.